The highest BCUT2D eigenvalue weighted by Crippen LogP contribution is 2.30. The highest BCUT2D eigenvalue weighted by molar-refractivity contribution is 5.85. The van der Waals surface area contributed by atoms with E-state index >= 15 is 0 Å². The normalized spacial score (nSPS) is 10.7. The van der Waals surface area contributed by atoms with Gasteiger partial charge in [0.2, 0.25) is 0 Å². The van der Waals surface area contributed by atoms with E-state index in [1.54, 1.807) is 31.6 Å². The lowest BCUT2D eigenvalue weighted by Gasteiger charge is -2.07. The van der Waals surface area contributed by atoms with Crippen LogP contribution in [0, 0.1) is 0 Å². The van der Waals surface area contributed by atoms with E-state index < -0.39 is 0 Å². The highest BCUT2D eigenvalue weighted by Gasteiger charge is 2.11. The first-order valence-corrected chi connectivity index (χ1v) is 5.35. The maximum Gasteiger partial charge on any atom is 0.258 e. The summed E-state index contributed by atoms with van der Waals surface area (Å²) in [6.07, 6.45) is 4.76. The van der Waals surface area contributed by atoms with Crippen LogP contribution < -0.4 is 10.3 Å². The number of nitrogens with one attached hydrogen (secondary N) is 2. The van der Waals surface area contributed by atoms with Crippen molar-refractivity contribution in [2.24, 2.45) is 0 Å². The van der Waals surface area contributed by atoms with Crippen LogP contribution in [0.1, 0.15) is 0 Å². The fourth-order valence-corrected chi connectivity index (χ4v) is 1.86. The third-order valence-corrected chi connectivity index (χ3v) is 2.72. The first kappa shape index (κ1) is 10.5. The van der Waals surface area contributed by atoms with Crippen molar-refractivity contribution in [3.8, 4) is 17.1 Å². The van der Waals surface area contributed by atoms with Gasteiger partial charge in [-0.3, -0.25) is 4.79 Å². The van der Waals surface area contributed by atoms with Crippen molar-refractivity contribution in [2.75, 3.05) is 7.11 Å². The number of benzene rings is 1. The molecular weight excluding hydrogens is 232 g/mol. The first-order valence-electron chi connectivity index (χ1n) is 5.35. The van der Waals surface area contributed by atoms with Gasteiger partial charge in [0.1, 0.15) is 11.6 Å². The molecule has 0 saturated carbocycles. The molecule has 2 aromatic heterocycles. The van der Waals surface area contributed by atoms with Gasteiger partial charge in [0.25, 0.3) is 5.56 Å². The van der Waals surface area contributed by atoms with E-state index in [1.165, 1.54) is 6.33 Å². The van der Waals surface area contributed by atoms with Gasteiger partial charge in [-0.05, 0) is 12.1 Å². The Morgan fingerprint density at radius 2 is 2.11 bits per heavy atom. The SMILES string of the molecule is COc1cc2c(=O)[nH]cnc2cc1-c1ncc[nH]1. The summed E-state index contributed by atoms with van der Waals surface area (Å²) in [7, 11) is 1.55. The van der Waals surface area contributed by atoms with E-state index in [2.05, 4.69) is 19.9 Å². The summed E-state index contributed by atoms with van der Waals surface area (Å²) in [6.45, 7) is 0. The Hall–Kier alpha value is -2.63. The first-order chi connectivity index (χ1) is 8.79. The predicted octanol–water partition coefficient (Wildman–Crippen LogP) is 1.32. The second kappa shape index (κ2) is 3.99. The summed E-state index contributed by atoms with van der Waals surface area (Å²) in [6, 6.07) is 3.45. The minimum Gasteiger partial charge on any atom is -0.496 e. The fourth-order valence-electron chi connectivity index (χ4n) is 1.86. The number of aromatic nitrogens is 4. The maximum absolute atomic E-state index is 11.7. The minimum absolute atomic E-state index is 0.190. The van der Waals surface area contributed by atoms with Crippen LogP contribution in [0.3, 0.4) is 0 Å². The van der Waals surface area contributed by atoms with Crippen LogP contribution in [0.15, 0.2) is 35.6 Å². The summed E-state index contributed by atoms with van der Waals surface area (Å²) in [5.41, 5.74) is 1.18. The Morgan fingerprint density at radius 1 is 1.22 bits per heavy atom. The van der Waals surface area contributed by atoms with E-state index in [9.17, 15) is 4.79 Å². The molecule has 1 aromatic carbocycles. The van der Waals surface area contributed by atoms with Crippen LogP contribution >= 0.6 is 0 Å². The van der Waals surface area contributed by atoms with E-state index in [1.807, 2.05) is 0 Å². The molecule has 0 aliphatic carbocycles. The molecule has 0 spiro atoms. The number of hydrogen-bond acceptors (Lipinski definition) is 4. The lowest BCUT2D eigenvalue weighted by molar-refractivity contribution is 0.416. The predicted molar refractivity (Wildman–Crippen MR) is 66.5 cm³/mol. The van der Waals surface area contributed by atoms with E-state index in [4.69, 9.17) is 4.74 Å². The van der Waals surface area contributed by atoms with Crippen molar-refractivity contribution in [3.63, 3.8) is 0 Å². The molecule has 6 heteroatoms. The summed E-state index contributed by atoms with van der Waals surface area (Å²) in [4.78, 5) is 25.5. The molecule has 0 aliphatic heterocycles. The Kier molecular flexibility index (Phi) is 2.33. The molecule has 3 aromatic rings. The molecule has 18 heavy (non-hydrogen) atoms. The lowest BCUT2D eigenvalue weighted by atomic mass is 10.1. The molecule has 0 aliphatic rings. The van der Waals surface area contributed by atoms with Gasteiger partial charge in [-0.2, -0.15) is 0 Å². The van der Waals surface area contributed by atoms with Crippen molar-refractivity contribution in [3.05, 3.63) is 41.2 Å². The largest absolute Gasteiger partial charge is 0.496 e. The number of nitrogens with zero attached hydrogens (tertiary/aromatic N) is 2. The zero-order valence-electron chi connectivity index (χ0n) is 9.60. The molecule has 0 amide bonds. The van der Waals surface area contributed by atoms with Gasteiger partial charge in [-0.15, -0.1) is 0 Å². The van der Waals surface area contributed by atoms with Gasteiger partial charge in [0.15, 0.2) is 0 Å². The molecule has 6 nitrogen and oxygen atoms in total. The Bertz CT molecular complexity index is 746. The molecule has 0 bridgehead atoms. The smallest absolute Gasteiger partial charge is 0.258 e. The number of H-pyrrole nitrogens is 2. The average Bonchev–Trinajstić information content (AvgIpc) is 2.91. The van der Waals surface area contributed by atoms with Crippen molar-refractivity contribution < 1.29 is 4.74 Å². The fraction of sp³-hybridized carbons (Fsp3) is 0.0833. The molecule has 90 valence electrons. The lowest BCUT2D eigenvalue weighted by Crippen LogP contribution is -2.06. The third kappa shape index (κ3) is 1.55. The molecule has 0 atom stereocenters. The van der Waals surface area contributed by atoms with Crippen molar-refractivity contribution >= 4 is 10.9 Å². The van der Waals surface area contributed by atoms with Crippen LogP contribution in [0.5, 0.6) is 5.75 Å². The van der Waals surface area contributed by atoms with Gasteiger partial charge in [0.05, 0.1) is 29.9 Å². The second-order valence-electron chi connectivity index (χ2n) is 3.74. The summed E-state index contributed by atoms with van der Waals surface area (Å²) >= 11 is 0. The number of fused-ring (bicyclic) bond motifs is 1. The topological polar surface area (TPSA) is 83.7 Å². The van der Waals surface area contributed by atoms with Crippen molar-refractivity contribution in [1.29, 1.82) is 0 Å². The Labute approximate surface area is 102 Å². The average molecular weight is 242 g/mol. The second-order valence-corrected chi connectivity index (χ2v) is 3.74. The number of aromatic amines is 2. The summed E-state index contributed by atoms with van der Waals surface area (Å²) in [5, 5.41) is 0.490. The Balaban J connectivity index is 2.36. The van der Waals surface area contributed by atoms with Crippen LogP contribution in [0.25, 0.3) is 22.3 Å². The van der Waals surface area contributed by atoms with Crippen LogP contribution in [-0.2, 0) is 0 Å². The number of methoxy groups -OCH3 is 1. The maximum atomic E-state index is 11.7. The number of hydrogen-bond donors (Lipinski definition) is 2. The zero-order chi connectivity index (χ0) is 12.5. The zero-order valence-corrected chi connectivity index (χ0v) is 9.60. The molecule has 0 saturated heterocycles. The summed E-state index contributed by atoms with van der Waals surface area (Å²) in [5.74, 6) is 1.26. The van der Waals surface area contributed by atoms with E-state index in [-0.39, 0.29) is 5.56 Å². The number of imidazole rings is 1. The van der Waals surface area contributed by atoms with E-state index in [0.29, 0.717) is 22.5 Å². The molecule has 2 heterocycles. The molecular formula is C12H10N4O2. The number of ether oxygens (including phenoxy) is 1. The Morgan fingerprint density at radius 3 is 2.83 bits per heavy atom. The third-order valence-electron chi connectivity index (χ3n) is 2.72. The molecule has 2 N–H and O–H groups in total. The quantitative estimate of drug-likeness (QED) is 0.709. The monoisotopic (exact) mass is 242 g/mol. The van der Waals surface area contributed by atoms with Crippen LogP contribution in [0.4, 0.5) is 0 Å². The standard InChI is InChI=1S/C12H10N4O2/c1-18-10-5-7-9(15-6-16-12(7)17)4-8(10)11-13-2-3-14-11/h2-6H,1H3,(H,13,14)(H,15,16,17). The van der Waals surface area contributed by atoms with Crippen molar-refractivity contribution in [1.82, 2.24) is 19.9 Å². The summed E-state index contributed by atoms with van der Waals surface area (Å²) < 4.78 is 5.29. The highest BCUT2D eigenvalue weighted by atomic mass is 16.5. The molecule has 0 unspecified atom stereocenters. The molecule has 0 fully saturated rings. The van der Waals surface area contributed by atoms with Gasteiger partial charge in [0, 0.05) is 12.4 Å². The van der Waals surface area contributed by atoms with Gasteiger partial charge >= 0.3 is 0 Å². The van der Waals surface area contributed by atoms with Crippen LogP contribution in [0.2, 0.25) is 0 Å². The molecule has 0 radical (unpaired) electrons. The van der Waals surface area contributed by atoms with Gasteiger partial charge in [-0.25, -0.2) is 9.97 Å². The van der Waals surface area contributed by atoms with Crippen molar-refractivity contribution in [2.45, 2.75) is 0 Å². The van der Waals surface area contributed by atoms with E-state index in [0.717, 1.165) is 5.56 Å². The number of rotatable bonds is 2. The van der Waals surface area contributed by atoms with Gasteiger partial charge < -0.3 is 14.7 Å². The van der Waals surface area contributed by atoms with Gasteiger partial charge in [-0.1, -0.05) is 0 Å². The van der Waals surface area contributed by atoms with Crippen LogP contribution in [-0.4, -0.2) is 27.0 Å². The molecule has 3 rings (SSSR count). The minimum atomic E-state index is -0.190.